The molecule has 3 heteroatoms. The van der Waals surface area contributed by atoms with Crippen molar-refractivity contribution in [3.05, 3.63) is 29.8 Å². The summed E-state index contributed by atoms with van der Waals surface area (Å²) >= 11 is 0. The van der Waals surface area contributed by atoms with Gasteiger partial charge in [-0.05, 0) is 37.3 Å². The van der Waals surface area contributed by atoms with Crippen molar-refractivity contribution in [2.45, 2.75) is 25.3 Å². The predicted octanol–water partition coefficient (Wildman–Crippen LogP) is 2.16. The molecule has 1 unspecified atom stereocenters. The van der Waals surface area contributed by atoms with Gasteiger partial charge in [-0.3, -0.25) is 0 Å². The molecule has 1 saturated carbocycles. The minimum atomic E-state index is -0.0964. The Morgan fingerprint density at radius 1 is 1.41 bits per heavy atom. The van der Waals surface area contributed by atoms with Crippen molar-refractivity contribution >= 4 is 5.69 Å². The number of aryl methyl sites for hydroxylation is 1. The van der Waals surface area contributed by atoms with Gasteiger partial charge >= 0.3 is 0 Å². The number of nitrogens with two attached hydrogens (primary N) is 1. The lowest BCUT2D eigenvalue weighted by Gasteiger charge is -2.35. The highest BCUT2D eigenvalue weighted by molar-refractivity contribution is 5.53. The van der Waals surface area contributed by atoms with Gasteiger partial charge in [0.1, 0.15) is 0 Å². The summed E-state index contributed by atoms with van der Waals surface area (Å²) in [6.07, 6.45) is 2.50. The minimum Gasteiger partial charge on any atom is -0.382 e. The molecule has 3 N–H and O–H groups in total. The molecule has 1 aromatic rings. The van der Waals surface area contributed by atoms with Gasteiger partial charge in [0.15, 0.2) is 0 Å². The zero-order valence-electron chi connectivity index (χ0n) is 10.7. The summed E-state index contributed by atoms with van der Waals surface area (Å²) in [6.45, 7) is 3.39. The van der Waals surface area contributed by atoms with E-state index < -0.39 is 0 Å². The molecule has 1 fully saturated rings. The molecule has 0 aliphatic heterocycles. The van der Waals surface area contributed by atoms with Gasteiger partial charge in [-0.15, -0.1) is 0 Å². The van der Waals surface area contributed by atoms with Crippen LogP contribution < -0.4 is 11.1 Å². The molecule has 0 spiro atoms. The molecule has 1 aliphatic rings. The molecule has 3 nitrogen and oxygen atoms in total. The lowest BCUT2D eigenvalue weighted by Crippen LogP contribution is -2.51. The van der Waals surface area contributed by atoms with Crippen LogP contribution in [-0.2, 0) is 4.74 Å². The molecule has 2 rings (SSSR count). The van der Waals surface area contributed by atoms with Crippen LogP contribution in [0, 0.1) is 12.8 Å². The van der Waals surface area contributed by atoms with Gasteiger partial charge < -0.3 is 15.8 Å². The molecule has 17 heavy (non-hydrogen) atoms. The quantitative estimate of drug-likeness (QED) is 0.793. The number of para-hydroxylation sites is 1. The van der Waals surface area contributed by atoms with E-state index in [1.807, 2.05) is 0 Å². The van der Waals surface area contributed by atoms with Crippen LogP contribution in [0.15, 0.2) is 24.3 Å². The smallest absolute Gasteiger partial charge is 0.0756 e. The van der Waals surface area contributed by atoms with Crippen molar-refractivity contribution in [3.8, 4) is 0 Å². The predicted molar refractivity (Wildman–Crippen MR) is 71.2 cm³/mol. The van der Waals surface area contributed by atoms with Crippen molar-refractivity contribution in [3.63, 3.8) is 0 Å². The maximum Gasteiger partial charge on any atom is 0.0756 e. The van der Waals surface area contributed by atoms with E-state index in [0.29, 0.717) is 19.1 Å². The van der Waals surface area contributed by atoms with E-state index in [1.54, 1.807) is 7.11 Å². The highest BCUT2D eigenvalue weighted by Crippen LogP contribution is 2.41. The van der Waals surface area contributed by atoms with Crippen molar-refractivity contribution in [2.24, 2.45) is 11.7 Å². The Morgan fingerprint density at radius 3 is 2.65 bits per heavy atom. The van der Waals surface area contributed by atoms with Gasteiger partial charge in [-0.1, -0.05) is 18.2 Å². The fraction of sp³-hybridized carbons (Fsp3) is 0.571. The Bertz CT molecular complexity index is 376. The van der Waals surface area contributed by atoms with Crippen LogP contribution in [0.5, 0.6) is 0 Å². The molecule has 0 heterocycles. The third-order valence-corrected chi connectivity index (χ3v) is 3.65. The molecule has 1 aliphatic carbocycles. The number of nitrogens with one attached hydrogen (secondary N) is 1. The molecule has 0 radical (unpaired) electrons. The first-order chi connectivity index (χ1) is 8.22. The number of hydrogen-bond donors (Lipinski definition) is 2. The molecule has 94 valence electrons. The van der Waals surface area contributed by atoms with E-state index in [2.05, 4.69) is 36.5 Å². The Kier molecular flexibility index (Phi) is 3.69. The number of anilines is 1. The third-order valence-electron chi connectivity index (χ3n) is 3.65. The first-order valence-corrected chi connectivity index (χ1v) is 6.24. The Balaban J connectivity index is 2.20. The lowest BCUT2D eigenvalue weighted by atomic mass is 9.93. The van der Waals surface area contributed by atoms with Gasteiger partial charge in [0.25, 0.3) is 0 Å². The fourth-order valence-electron chi connectivity index (χ4n) is 2.41. The van der Waals surface area contributed by atoms with Gasteiger partial charge in [0, 0.05) is 19.3 Å². The number of rotatable bonds is 6. The fourth-order valence-corrected chi connectivity index (χ4v) is 2.41. The molecule has 0 bridgehead atoms. The van der Waals surface area contributed by atoms with Gasteiger partial charge in [-0.25, -0.2) is 0 Å². The molecule has 1 aromatic carbocycles. The van der Waals surface area contributed by atoms with E-state index in [-0.39, 0.29) is 5.54 Å². The zero-order chi connectivity index (χ0) is 12.3. The first-order valence-electron chi connectivity index (χ1n) is 6.24. The standard InChI is InChI=1S/C14H22N2O/c1-11-5-3-4-6-13(11)16-14(9-15,10-17-2)12-7-8-12/h3-6,12,16H,7-10,15H2,1-2H3. The molecule has 0 amide bonds. The summed E-state index contributed by atoms with van der Waals surface area (Å²) in [4.78, 5) is 0. The van der Waals surface area contributed by atoms with E-state index in [9.17, 15) is 0 Å². The van der Waals surface area contributed by atoms with Gasteiger partial charge in [0.05, 0.1) is 12.1 Å². The van der Waals surface area contributed by atoms with Crippen LogP contribution in [0.2, 0.25) is 0 Å². The van der Waals surface area contributed by atoms with Crippen molar-refractivity contribution in [1.82, 2.24) is 0 Å². The molecular weight excluding hydrogens is 212 g/mol. The number of ether oxygens (including phenoxy) is 1. The van der Waals surface area contributed by atoms with Crippen LogP contribution in [0.4, 0.5) is 5.69 Å². The van der Waals surface area contributed by atoms with E-state index in [1.165, 1.54) is 24.1 Å². The van der Waals surface area contributed by atoms with Gasteiger partial charge in [-0.2, -0.15) is 0 Å². The van der Waals surface area contributed by atoms with E-state index in [0.717, 1.165) is 0 Å². The third kappa shape index (κ3) is 2.61. The van der Waals surface area contributed by atoms with Crippen molar-refractivity contribution in [2.75, 3.05) is 25.6 Å². The van der Waals surface area contributed by atoms with Crippen LogP contribution in [0.3, 0.4) is 0 Å². The highest BCUT2D eigenvalue weighted by atomic mass is 16.5. The normalized spacial score (nSPS) is 18.8. The second-order valence-corrected chi connectivity index (χ2v) is 5.01. The molecule has 0 saturated heterocycles. The van der Waals surface area contributed by atoms with Crippen LogP contribution in [-0.4, -0.2) is 25.8 Å². The summed E-state index contributed by atoms with van der Waals surface area (Å²) in [5, 5.41) is 3.62. The second kappa shape index (κ2) is 5.07. The van der Waals surface area contributed by atoms with E-state index >= 15 is 0 Å². The van der Waals surface area contributed by atoms with Crippen LogP contribution in [0.1, 0.15) is 18.4 Å². The monoisotopic (exact) mass is 234 g/mol. The van der Waals surface area contributed by atoms with Crippen LogP contribution in [0.25, 0.3) is 0 Å². The highest BCUT2D eigenvalue weighted by Gasteiger charge is 2.44. The summed E-state index contributed by atoms with van der Waals surface area (Å²) in [5.74, 6) is 0.645. The topological polar surface area (TPSA) is 47.3 Å². The Morgan fingerprint density at radius 2 is 2.12 bits per heavy atom. The van der Waals surface area contributed by atoms with E-state index in [4.69, 9.17) is 10.5 Å². The zero-order valence-corrected chi connectivity index (χ0v) is 10.7. The summed E-state index contributed by atoms with van der Waals surface area (Å²) < 4.78 is 5.37. The maximum atomic E-state index is 5.99. The molecular formula is C14H22N2O. The number of benzene rings is 1. The summed E-state index contributed by atoms with van der Waals surface area (Å²) in [6, 6.07) is 8.33. The molecule has 0 aromatic heterocycles. The average Bonchev–Trinajstić information content (AvgIpc) is 3.15. The van der Waals surface area contributed by atoms with Gasteiger partial charge in [0.2, 0.25) is 0 Å². The summed E-state index contributed by atoms with van der Waals surface area (Å²) in [5.41, 5.74) is 8.31. The summed E-state index contributed by atoms with van der Waals surface area (Å²) in [7, 11) is 1.74. The Hall–Kier alpha value is -1.06. The number of methoxy groups -OCH3 is 1. The Labute approximate surface area is 103 Å². The SMILES string of the molecule is COCC(CN)(Nc1ccccc1C)C1CC1. The molecule has 1 atom stereocenters. The largest absolute Gasteiger partial charge is 0.382 e. The van der Waals surface area contributed by atoms with Crippen LogP contribution >= 0.6 is 0 Å². The maximum absolute atomic E-state index is 5.99. The van der Waals surface area contributed by atoms with Crippen molar-refractivity contribution in [1.29, 1.82) is 0 Å². The minimum absolute atomic E-state index is 0.0964. The van der Waals surface area contributed by atoms with Crippen molar-refractivity contribution < 1.29 is 4.74 Å². The number of hydrogen-bond acceptors (Lipinski definition) is 3. The second-order valence-electron chi connectivity index (χ2n) is 5.01. The average molecular weight is 234 g/mol. The first kappa shape index (κ1) is 12.4. The lowest BCUT2D eigenvalue weighted by molar-refractivity contribution is 0.134.